The van der Waals surface area contributed by atoms with E-state index in [4.69, 9.17) is 4.98 Å². The molecule has 0 N–H and O–H groups in total. The number of Topliss-reactive ketones (excluding diaryl/α,β-unsaturated/α-hetero) is 1. The number of carbonyl (C=O) groups is 1. The fourth-order valence-corrected chi connectivity index (χ4v) is 6.54. The van der Waals surface area contributed by atoms with Gasteiger partial charge in [0.15, 0.2) is 17.4 Å². The van der Waals surface area contributed by atoms with Crippen LogP contribution < -0.4 is 10.5 Å². The van der Waals surface area contributed by atoms with Crippen LogP contribution in [0.1, 0.15) is 64.2 Å². The Kier molecular flexibility index (Phi) is 10.1. The Bertz CT molecular complexity index is 2060. The first-order valence-electron chi connectivity index (χ1n) is 16.7. The van der Waals surface area contributed by atoms with Crippen molar-refractivity contribution in [2.75, 3.05) is 32.1 Å². The first-order chi connectivity index (χ1) is 23.6. The van der Waals surface area contributed by atoms with E-state index in [9.17, 15) is 18.4 Å². The fraction of sp³-hybridized carbons (Fsp3) is 0.333. The highest BCUT2D eigenvalue weighted by Crippen LogP contribution is 2.23. The number of carbonyl (C=O) groups excluding carboxylic acids is 1. The van der Waals surface area contributed by atoms with Gasteiger partial charge >= 0.3 is 0 Å². The lowest BCUT2D eigenvalue weighted by Crippen LogP contribution is -2.41. The number of anilines is 1. The molecule has 8 nitrogen and oxygen atoms in total. The summed E-state index contributed by atoms with van der Waals surface area (Å²) in [5, 5.41) is 0.929. The molecule has 5 aromatic rings. The maximum atomic E-state index is 13.7. The lowest BCUT2D eigenvalue weighted by Gasteiger charge is -2.36. The van der Waals surface area contributed by atoms with Crippen LogP contribution in [0.2, 0.25) is 0 Å². The smallest absolute Gasteiger partial charge is 0.278 e. The second kappa shape index (κ2) is 14.7. The largest absolute Gasteiger partial charge is 0.372 e. The highest BCUT2D eigenvalue weighted by molar-refractivity contribution is 5.97. The highest BCUT2D eigenvalue weighted by atomic mass is 19.2. The Labute approximate surface area is 285 Å². The van der Waals surface area contributed by atoms with Gasteiger partial charge in [-0.3, -0.25) is 14.3 Å². The summed E-state index contributed by atoms with van der Waals surface area (Å²) in [6.07, 6.45) is 9.35. The number of halogens is 2. The molecule has 1 fully saturated rings. The van der Waals surface area contributed by atoms with Gasteiger partial charge in [0.05, 0.1) is 12.1 Å². The maximum Gasteiger partial charge on any atom is 0.278 e. The number of fused-ring (bicyclic) bond motifs is 1. The number of allylic oxidation sites excluding steroid dienone is 1. The van der Waals surface area contributed by atoms with Gasteiger partial charge in [0.2, 0.25) is 0 Å². The molecule has 1 aliphatic heterocycles. The minimum atomic E-state index is -0.980. The normalized spacial score (nSPS) is 14.2. The lowest BCUT2D eigenvalue weighted by molar-refractivity contribution is 0.0982. The topological polar surface area (TPSA) is 76.3 Å². The molecule has 0 bridgehead atoms. The van der Waals surface area contributed by atoms with E-state index in [0.29, 0.717) is 30.1 Å². The van der Waals surface area contributed by atoms with E-state index in [2.05, 4.69) is 53.1 Å². The zero-order valence-corrected chi connectivity index (χ0v) is 28.5. The van der Waals surface area contributed by atoms with E-state index < -0.39 is 17.2 Å². The van der Waals surface area contributed by atoms with Crippen molar-refractivity contribution >= 4 is 28.4 Å². The Hall–Kier alpha value is -4.96. The molecule has 0 spiro atoms. The van der Waals surface area contributed by atoms with E-state index in [0.717, 1.165) is 47.5 Å². The molecule has 0 radical (unpaired) electrons. The second-order valence-corrected chi connectivity index (χ2v) is 13.1. The van der Waals surface area contributed by atoms with E-state index in [-0.39, 0.29) is 24.3 Å². The Morgan fingerprint density at radius 2 is 1.71 bits per heavy atom. The summed E-state index contributed by atoms with van der Waals surface area (Å²) in [5.41, 5.74) is 4.87. The zero-order valence-electron chi connectivity index (χ0n) is 28.5. The number of nitrogens with zero attached hydrogens (tertiary/aromatic N) is 6. The summed E-state index contributed by atoms with van der Waals surface area (Å²) in [4.78, 5) is 40.4. The molecule has 0 unspecified atom stereocenters. The van der Waals surface area contributed by atoms with E-state index in [1.165, 1.54) is 34.8 Å². The number of rotatable bonds is 11. The molecule has 49 heavy (non-hydrogen) atoms. The summed E-state index contributed by atoms with van der Waals surface area (Å²) in [7, 11) is 6.05. The van der Waals surface area contributed by atoms with Gasteiger partial charge in [-0.1, -0.05) is 36.4 Å². The minimum Gasteiger partial charge on any atom is -0.372 e. The van der Waals surface area contributed by atoms with Crippen LogP contribution in [0.3, 0.4) is 0 Å². The Morgan fingerprint density at radius 3 is 2.45 bits per heavy atom. The molecule has 2 aromatic heterocycles. The third kappa shape index (κ3) is 7.70. The maximum absolute atomic E-state index is 13.7. The van der Waals surface area contributed by atoms with Crippen molar-refractivity contribution in [1.29, 1.82) is 0 Å². The SMILES string of the molecule is Cc1c(C(=O)CC/C=C/c2ccc3nc(Cc4ccc(N(C)C5CCN(C)CC5)cc4)ncc3c2)c(=O)n(Cc2ccc(F)c(F)c2)n1C. The van der Waals surface area contributed by atoms with Gasteiger partial charge in [0, 0.05) is 55.9 Å². The van der Waals surface area contributed by atoms with Gasteiger partial charge in [-0.2, -0.15) is 0 Å². The number of likely N-dealkylation sites (tertiary alicyclic amines) is 1. The van der Waals surface area contributed by atoms with Crippen LogP contribution in [0.5, 0.6) is 0 Å². The lowest BCUT2D eigenvalue weighted by atomic mass is 10.0. The van der Waals surface area contributed by atoms with Crippen LogP contribution in [0, 0.1) is 18.6 Å². The number of piperidine rings is 1. The highest BCUT2D eigenvalue weighted by Gasteiger charge is 2.22. The summed E-state index contributed by atoms with van der Waals surface area (Å²) < 4.78 is 30.0. The monoisotopic (exact) mass is 664 g/mol. The van der Waals surface area contributed by atoms with Crippen LogP contribution >= 0.6 is 0 Å². The quantitative estimate of drug-likeness (QED) is 0.149. The average molecular weight is 665 g/mol. The molecule has 0 aliphatic carbocycles. The van der Waals surface area contributed by atoms with Crippen LogP contribution in [0.25, 0.3) is 17.0 Å². The predicted octanol–water partition coefficient (Wildman–Crippen LogP) is 6.56. The van der Waals surface area contributed by atoms with Gasteiger partial charge in [-0.05, 0) is 99.4 Å². The van der Waals surface area contributed by atoms with Crippen molar-refractivity contribution in [2.24, 2.45) is 7.05 Å². The molecule has 3 aromatic carbocycles. The number of hydrogen-bond donors (Lipinski definition) is 0. The van der Waals surface area contributed by atoms with Gasteiger partial charge < -0.3 is 9.80 Å². The molecule has 1 saturated heterocycles. The van der Waals surface area contributed by atoms with Crippen LogP contribution in [-0.2, 0) is 20.0 Å². The van der Waals surface area contributed by atoms with Gasteiger partial charge in [-0.25, -0.2) is 23.4 Å². The van der Waals surface area contributed by atoms with E-state index in [1.807, 2.05) is 36.5 Å². The standard InChI is InChI=1S/C39H42F2N6O2/c1-26-38(39(49)47(46(26)4)25-29-11-15-33(40)34(41)22-29)36(48)8-6-5-7-27-12-16-35-30(21-27)24-42-37(43-35)23-28-9-13-31(14-10-28)45(3)32-17-19-44(2)20-18-32/h5,7,9-16,21-22,24,32H,6,8,17-20,23,25H2,1-4H3/b7-5+. The van der Waals surface area contributed by atoms with E-state index in [1.54, 1.807) is 18.7 Å². The summed E-state index contributed by atoms with van der Waals surface area (Å²) in [5.74, 6) is -1.42. The Morgan fingerprint density at radius 1 is 0.980 bits per heavy atom. The number of hydrogen-bond acceptors (Lipinski definition) is 6. The molecule has 0 amide bonds. The molecular formula is C39H42F2N6O2. The molecule has 0 atom stereocenters. The molecule has 254 valence electrons. The van der Waals surface area contributed by atoms with Gasteiger partial charge in [0.25, 0.3) is 5.56 Å². The van der Waals surface area contributed by atoms with Crippen LogP contribution in [0.4, 0.5) is 14.5 Å². The van der Waals surface area contributed by atoms with Crippen molar-refractivity contribution in [1.82, 2.24) is 24.2 Å². The van der Waals surface area contributed by atoms with Crippen molar-refractivity contribution in [3.05, 3.63) is 129 Å². The summed E-state index contributed by atoms with van der Waals surface area (Å²) >= 11 is 0. The van der Waals surface area contributed by atoms with Crippen LogP contribution in [0.15, 0.2) is 77.7 Å². The van der Waals surface area contributed by atoms with Gasteiger partial charge in [0.1, 0.15) is 11.4 Å². The van der Waals surface area contributed by atoms with E-state index >= 15 is 0 Å². The minimum absolute atomic E-state index is 0.0252. The zero-order chi connectivity index (χ0) is 34.7. The average Bonchev–Trinajstić information content (AvgIpc) is 3.31. The van der Waals surface area contributed by atoms with Crippen molar-refractivity contribution in [3.8, 4) is 0 Å². The fourth-order valence-electron chi connectivity index (χ4n) is 6.54. The second-order valence-electron chi connectivity index (χ2n) is 13.1. The molecule has 10 heteroatoms. The summed E-state index contributed by atoms with van der Waals surface area (Å²) in [6.45, 7) is 4.01. The number of ketones is 1. The van der Waals surface area contributed by atoms with Crippen molar-refractivity contribution < 1.29 is 13.6 Å². The molecular weight excluding hydrogens is 622 g/mol. The molecule has 0 saturated carbocycles. The number of aromatic nitrogens is 4. The Balaban J connectivity index is 1.04. The first-order valence-corrected chi connectivity index (χ1v) is 16.7. The first kappa shape index (κ1) is 33.9. The molecule has 6 rings (SSSR count). The third-order valence-corrected chi connectivity index (χ3v) is 9.70. The summed E-state index contributed by atoms with van der Waals surface area (Å²) in [6, 6.07) is 18.8. The molecule has 1 aliphatic rings. The number of benzene rings is 3. The van der Waals surface area contributed by atoms with Crippen molar-refractivity contribution in [3.63, 3.8) is 0 Å². The van der Waals surface area contributed by atoms with Crippen molar-refractivity contribution in [2.45, 2.75) is 51.6 Å². The van der Waals surface area contributed by atoms with Crippen LogP contribution in [-0.4, -0.2) is 63.2 Å². The van der Waals surface area contributed by atoms with Gasteiger partial charge in [-0.15, -0.1) is 0 Å². The predicted molar refractivity (Wildman–Crippen MR) is 190 cm³/mol. The third-order valence-electron chi connectivity index (χ3n) is 9.70. The molecule has 3 heterocycles.